The van der Waals surface area contributed by atoms with E-state index in [2.05, 4.69) is 29.3 Å². The number of nitrogens with two attached hydrogens (primary N) is 1. The van der Waals surface area contributed by atoms with E-state index in [1.54, 1.807) is 18.5 Å². The van der Waals surface area contributed by atoms with Gasteiger partial charge in [-0.3, -0.25) is 20.5 Å². The first-order valence-corrected chi connectivity index (χ1v) is 6.57. The van der Waals surface area contributed by atoms with Gasteiger partial charge in [-0.25, -0.2) is 0 Å². The molecule has 3 N–H and O–H groups in total. The predicted molar refractivity (Wildman–Crippen MR) is 74.7 cm³/mol. The summed E-state index contributed by atoms with van der Waals surface area (Å²) in [4.78, 5) is 20.7. The van der Waals surface area contributed by atoms with Crippen molar-refractivity contribution >= 4 is 11.6 Å². The minimum atomic E-state index is 0.0156. The van der Waals surface area contributed by atoms with E-state index in [1.165, 1.54) is 0 Å². The van der Waals surface area contributed by atoms with Crippen molar-refractivity contribution in [2.75, 3.05) is 32.1 Å². The second-order valence-corrected chi connectivity index (χ2v) is 4.86. The number of pyridine rings is 1. The highest BCUT2D eigenvalue weighted by atomic mass is 16.2. The van der Waals surface area contributed by atoms with Crippen LogP contribution in [-0.4, -0.2) is 53.4 Å². The highest BCUT2D eigenvalue weighted by molar-refractivity contribution is 5.99. The molecule has 1 aromatic rings. The highest BCUT2D eigenvalue weighted by Gasteiger charge is 2.27. The van der Waals surface area contributed by atoms with Gasteiger partial charge < -0.3 is 10.3 Å². The van der Waals surface area contributed by atoms with Gasteiger partial charge in [-0.05, 0) is 19.5 Å². The number of carbonyl (C=O) groups excluding carboxylic acids is 1. The fourth-order valence-electron chi connectivity index (χ4n) is 2.44. The maximum atomic E-state index is 12.5. The predicted octanol–water partition coefficient (Wildman–Crippen LogP) is 0.533. The fraction of sp³-hybridized carbons (Fsp3) is 0.538. The molecule has 1 unspecified atom stereocenters. The second kappa shape index (κ2) is 5.99. The van der Waals surface area contributed by atoms with Crippen molar-refractivity contribution in [3.63, 3.8) is 0 Å². The Bertz CT molecular complexity index is 450. The van der Waals surface area contributed by atoms with Crippen LogP contribution in [-0.2, 0) is 0 Å². The molecular weight excluding hydrogens is 242 g/mol. The number of nitrogens with zero attached hydrogens (tertiary/aromatic N) is 3. The van der Waals surface area contributed by atoms with Gasteiger partial charge in [0.15, 0.2) is 0 Å². The van der Waals surface area contributed by atoms with Crippen LogP contribution in [0.5, 0.6) is 0 Å². The Labute approximate surface area is 113 Å². The summed E-state index contributed by atoms with van der Waals surface area (Å²) in [6, 6.07) is 2.13. The molecule has 2 rings (SSSR count). The molecule has 0 spiro atoms. The average Bonchev–Trinajstić information content (AvgIpc) is 2.47. The lowest BCUT2D eigenvalue weighted by Crippen LogP contribution is -2.53. The molecule has 0 saturated carbocycles. The Morgan fingerprint density at radius 1 is 1.58 bits per heavy atom. The quantitative estimate of drug-likeness (QED) is 0.615. The van der Waals surface area contributed by atoms with E-state index in [1.807, 2.05) is 4.90 Å². The topological polar surface area (TPSA) is 74.5 Å². The van der Waals surface area contributed by atoms with Gasteiger partial charge in [0, 0.05) is 31.9 Å². The molecule has 6 nitrogen and oxygen atoms in total. The van der Waals surface area contributed by atoms with Gasteiger partial charge >= 0.3 is 0 Å². The molecule has 0 aromatic carbocycles. The molecule has 0 aliphatic carbocycles. The van der Waals surface area contributed by atoms with Crippen LogP contribution < -0.4 is 11.3 Å². The maximum absolute atomic E-state index is 12.5. The number of anilines is 1. The standard InChI is InChI=1S/C13H21N5O/c1-3-10-9-18(7-6-17(10)2)13(19)11-4-5-15-8-12(11)16-14/h4-5,8,10,16H,3,6-7,9,14H2,1-2H3. The molecule has 0 bridgehead atoms. The number of nitrogens with one attached hydrogen (secondary N) is 1. The second-order valence-electron chi connectivity index (χ2n) is 4.86. The summed E-state index contributed by atoms with van der Waals surface area (Å²) < 4.78 is 0. The van der Waals surface area contributed by atoms with Crippen molar-refractivity contribution in [2.45, 2.75) is 19.4 Å². The lowest BCUT2D eigenvalue weighted by atomic mass is 10.1. The summed E-state index contributed by atoms with van der Waals surface area (Å²) in [7, 11) is 2.11. The zero-order valence-electron chi connectivity index (χ0n) is 11.5. The van der Waals surface area contributed by atoms with Crippen molar-refractivity contribution in [1.82, 2.24) is 14.8 Å². The average molecular weight is 263 g/mol. The molecule has 104 valence electrons. The molecule has 1 aliphatic rings. The summed E-state index contributed by atoms with van der Waals surface area (Å²) >= 11 is 0. The van der Waals surface area contributed by atoms with Gasteiger partial charge in [-0.15, -0.1) is 0 Å². The van der Waals surface area contributed by atoms with Gasteiger partial charge in [-0.2, -0.15) is 0 Å². The normalized spacial score (nSPS) is 20.4. The summed E-state index contributed by atoms with van der Waals surface area (Å²) in [5.41, 5.74) is 3.68. The Morgan fingerprint density at radius 2 is 2.37 bits per heavy atom. The van der Waals surface area contributed by atoms with Crippen LogP contribution in [0, 0.1) is 0 Å². The first-order chi connectivity index (χ1) is 9.17. The summed E-state index contributed by atoms with van der Waals surface area (Å²) in [6.07, 6.45) is 4.22. The number of piperazine rings is 1. The van der Waals surface area contributed by atoms with Gasteiger partial charge in [0.1, 0.15) is 0 Å². The number of hydrazine groups is 1. The molecule has 1 amide bonds. The van der Waals surface area contributed by atoms with Gasteiger partial charge in [0.25, 0.3) is 5.91 Å². The zero-order chi connectivity index (χ0) is 13.8. The monoisotopic (exact) mass is 263 g/mol. The van der Waals surface area contributed by atoms with Crippen LogP contribution in [0.1, 0.15) is 23.7 Å². The van der Waals surface area contributed by atoms with Gasteiger partial charge in [0.05, 0.1) is 17.4 Å². The Morgan fingerprint density at radius 3 is 3.05 bits per heavy atom. The number of amides is 1. The molecule has 1 atom stereocenters. The van der Waals surface area contributed by atoms with Crippen LogP contribution in [0.4, 0.5) is 5.69 Å². The van der Waals surface area contributed by atoms with E-state index in [-0.39, 0.29) is 5.91 Å². The largest absolute Gasteiger partial charge is 0.336 e. The lowest BCUT2D eigenvalue weighted by Gasteiger charge is -2.39. The van der Waals surface area contributed by atoms with Crippen molar-refractivity contribution < 1.29 is 4.79 Å². The zero-order valence-corrected chi connectivity index (χ0v) is 11.5. The van der Waals surface area contributed by atoms with Crippen molar-refractivity contribution in [1.29, 1.82) is 0 Å². The maximum Gasteiger partial charge on any atom is 0.256 e. The van der Waals surface area contributed by atoms with E-state index < -0.39 is 0 Å². The highest BCUT2D eigenvalue weighted by Crippen LogP contribution is 2.18. The van der Waals surface area contributed by atoms with Crippen LogP contribution in [0.2, 0.25) is 0 Å². The number of hydrogen-bond donors (Lipinski definition) is 2. The minimum Gasteiger partial charge on any atom is -0.336 e. The first kappa shape index (κ1) is 13.8. The molecule has 1 saturated heterocycles. The van der Waals surface area contributed by atoms with Crippen LogP contribution in [0.25, 0.3) is 0 Å². The molecule has 1 aliphatic heterocycles. The fourth-order valence-corrected chi connectivity index (χ4v) is 2.44. The van der Waals surface area contributed by atoms with E-state index in [0.29, 0.717) is 17.3 Å². The summed E-state index contributed by atoms with van der Waals surface area (Å²) in [5, 5.41) is 0. The smallest absolute Gasteiger partial charge is 0.256 e. The molecule has 1 aromatic heterocycles. The van der Waals surface area contributed by atoms with E-state index >= 15 is 0 Å². The van der Waals surface area contributed by atoms with Crippen molar-refractivity contribution in [3.05, 3.63) is 24.0 Å². The SMILES string of the molecule is CCC1CN(C(=O)c2ccncc2NN)CCN1C. The van der Waals surface area contributed by atoms with Crippen LogP contribution in [0.3, 0.4) is 0 Å². The Balaban J connectivity index is 2.15. The van der Waals surface area contributed by atoms with Crippen molar-refractivity contribution in [2.24, 2.45) is 5.84 Å². The third kappa shape index (κ3) is 2.85. The third-order valence-corrected chi connectivity index (χ3v) is 3.74. The van der Waals surface area contributed by atoms with Gasteiger partial charge in [-0.1, -0.05) is 6.92 Å². The Hall–Kier alpha value is -1.66. The van der Waals surface area contributed by atoms with E-state index in [0.717, 1.165) is 26.1 Å². The summed E-state index contributed by atoms with van der Waals surface area (Å²) in [6.45, 7) is 4.56. The molecule has 0 radical (unpaired) electrons. The third-order valence-electron chi connectivity index (χ3n) is 3.74. The van der Waals surface area contributed by atoms with Gasteiger partial charge in [0.2, 0.25) is 0 Å². The molecule has 19 heavy (non-hydrogen) atoms. The van der Waals surface area contributed by atoms with Crippen LogP contribution in [0.15, 0.2) is 18.5 Å². The lowest BCUT2D eigenvalue weighted by molar-refractivity contribution is 0.0542. The molecule has 1 fully saturated rings. The number of likely N-dealkylation sites (N-methyl/N-ethyl adjacent to an activating group) is 1. The number of rotatable bonds is 3. The number of aromatic nitrogens is 1. The Kier molecular flexibility index (Phi) is 4.34. The summed E-state index contributed by atoms with van der Waals surface area (Å²) in [5.74, 6) is 5.44. The first-order valence-electron chi connectivity index (χ1n) is 6.57. The molecule has 6 heteroatoms. The van der Waals surface area contributed by atoms with Crippen LogP contribution >= 0.6 is 0 Å². The van der Waals surface area contributed by atoms with Crippen molar-refractivity contribution in [3.8, 4) is 0 Å². The molecule has 2 heterocycles. The van der Waals surface area contributed by atoms with E-state index in [4.69, 9.17) is 5.84 Å². The number of nitrogen functional groups attached to an aromatic ring is 1. The number of hydrogen-bond acceptors (Lipinski definition) is 5. The minimum absolute atomic E-state index is 0.0156. The molecular formula is C13H21N5O. The number of carbonyl (C=O) groups is 1. The van der Waals surface area contributed by atoms with E-state index in [9.17, 15) is 4.79 Å².